The van der Waals surface area contributed by atoms with E-state index in [1.165, 1.54) is 6.92 Å². The number of aliphatic hydroxyl groups is 1. The van der Waals surface area contributed by atoms with Crippen molar-refractivity contribution < 1.29 is 19.4 Å². The predicted octanol–water partition coefficient (Wildman–Crippen LogP) is 2.84. The zero-order valence-electron chi connectivity index (χ0n) is 15.6. The molecule has 0 radical (unpaired) electrons. The van der Waals surface area contributed by atoms with E-state index in [-0.39, 0.29) is 12.5 Å². The third-order valence-corrected chi connectivity index (χ3v) is 4.11. The van der Waals surface area contributed by atoms with Crippen LogP contribution in [0.2, 0.25) is 0 Å². The monoisotopic (exact) mass is 369 g/mol. The van der Waals surface area contributed by atoms with E-state index in [2.05, 4.69) is 11.9 Å². The van der Waals surface area contributed by atoms with Crippen molar-refractivity contribution in [2.45, 2.75) is 38.4 Å². The van der Waals surface area contributed by atoms with Crippen LogP contribution >= 0.6 is 0 Å². The first kappa shape index (κ1) is 20.8. The topological polar surface area (TPSA) is 67.8 Å². The summed E-state index contributed by atoms with van der Waals surface area (Å²) in [6.45, 7) is 5.70. The summed E-state index contributed by atoms with van der Waals surface area (Å²) in [7, 11) is 0. The third kappa shape index (κ3) is 6.98. The minimum Gasteiger partial charge on any atom is -0.394 e. The van der Waals surface area contributed by atoms with Crippen LogP contribution in [0.3, 0.4) is 0 Å². The van der Waals surface area contributed by atoms with E-state index in [0.29, 0.717) is 13.2 Å². The van der Waals surface area contributed by atoms with Gasteiger partial charge >= 0.3 is 0 Å². The molecule has 2 N–H and O–H groups in total. The lowest BCUT2D eigenvalue weighted by Gasteiger charge is -2.31. The summed E-state index contributed by atoms with van der Waals surface area (Å²) in [6, 6.07) is 18.9. The van der Waals surface area contributed by atoms with Gasteiger partial charge in [-0.1, -0.05) is 66.7 Å². The van der Waals surface area contributed by atoms with Crippen LogP contribution in [0.5, 0.6) is 0 Å². The molecule has 0 fully saturated rings. The number of amides is 1. The highest BCUT2D eigenvalue weighted by Crippen LogP contribution is 2.16. The number of hydrogen-bond acceptors (Lipinski definition) is 4. The molecule has 0 saturated carbocycles. The van der Waals surface area contributed by atoms with Crippen molar-refractivity contribution >= 4 is 5.91 Å². The van der Waals surface area contributed by atoms with Crippen molar-refractivity contribution in [3.63, 3.8) is 0 Å². The van der Waals surface area contributed by atoms with Gasteiger partial charge in [-0.15, -0.1) is 6.58 Å². The van der Waals surface area contributed by atoms with Crippen LogP contribution in [-0.4, -0.2) is 35.9 Å². The largest absolute Gasteiger partial charge is 0.394 e. The zero-order valence-corrected chi connectivity index (χ0v) is 15.6. The Morgan fingerprint density at radius 1 is 1.04 bits per heavy atom. The maximum Gasteiger partial charge on any atom is 0.217 e. The van der Waals surface area contributed by atoms with E-state index >= 15 is 0 Å². The van der Waals surface area contributed by atoms with Crippen molar-refractivity contribution in [3.05, 3.63) is 84.4 Å². The highest BCUT2D eigenvalue weighted by molar-refractivity contribution is 5.73. The Bertz CT molecular complexity index is 690. The predicted molar refractivity (Wildman–Crippen MR) is 105 cm³/mol. The number of rotatable bonds is 11. The van der Waals surface area contributed by atoms with Gasteiger partial charge in [0.25, 0.3) is 0 Å². The van der Waals surface area contributed by atoms with Gasteiger partial charge in [0.15, 0.2) is 0 Å². The molecule has 3 atom stereocenters. The second-order valence-electron chi connectivity index (χ2n) is 6.25. The lowest BCUT2D eigenvalue weighted by atomic mass is 10.0. The second-order valence-corrected chi connectivity index (χ2v) is 6.25. The van der Waals surface area contributed by atoms with Crippen LogP contribution in [0.1, 0.15) is 18.1 Å². The van der Waals surface area contributed by atoms with Gasteiger partial charge in [-0.2, -0.15) is 0 Å². The van der Waals surface area contributed by atoms with Crippen LogP contribution in [0.15, 0.2) is 73.3 Å². The molecule has 0 bridgehead atoms. The quantitative estimate of drug-likeness (QED) is 0.598. The molecule has 1 amide bonds. The summed E-state index contributed by atoms with van der Waals surface area (Å²) in [5.41, 5.74) is 2.01. The summed E-state index contributed by atoms with van der Waals surface area (Å²) in [4.78, 5) is 11.5. The van der Waals surface area contributed by atoms with Crippen molar-refractivity contribution in [1.29, 1.82) is 0 Å². The molecule has 0 aromatic heterocycles. The van der Waals surface area contributed by atoms with Gasteiger partial charge in [0.2, 0.25) is 5.91 Å². The molecule has 0 saturated heterocycles. The molecule has 2 aromatic carbocycles. The Hall–Kier alpha value is -2.47. The molecule has 0 aliphatic heterocycles. The number of benzene rings is 2. The number of nitrogens with one attached hydrogen (secondary N) is 1. The normalized spacial score (nSPS) is 14.1. The molecule has 0 spiro atoms. The molecule has 144 valence electrons. The maximum absolute atomic E-state index is 11.5. The zero-order chi connectivity index (χ0) is 19.5. The van der Waals surface area contributed by atoms with E-state index in [1.54, 1.807) is 6.08 Å². The Kier molecular flexibility index (Phi) is 8.71. The Morgan fingerprint density at radius 3 is 2.00 bits per heavy atom. The van der Waals surface area contributed by atoms with Gasteiger partial charge in [-0.05, 0) is 11.1 Å². The second kappa shape index (κ2) is 11.3. The Labute approximate surface area is 160 Å². The summed E-state index contributed by atoms with van der Waals surface area (Å²) >= 11 is 0. The molecule has 0 heterocycles. The highest BCUT2D eigenvalue weighted by Gasteiger charge is 2.30. The van der Waals surface area contributed by atoms with Crippen LogP contribution in [-0.2, 0) is 27.5 Å². The fourth-order valence-corrected chi connectivity index (χ4v) is 2.76. The van der Waals surface area contributed by atoms with Crippen LogP contribution < -0.4 is 5.32 Å². The summed E-state index contributed by atoms with van der Waals surface area (Å²) in [6.07, 6.45) is 0.557. The maximum atomic E-state index is 11.5. The van der Waals surface area contributed by atoms with Gasteiger partial charge < -0.3 is 19.9 Å². The lowest BCUT2D eigenvalue weighted by Crippen LogP contribution is -2.51. The molecule has 0 aliphatic rings. The van der Waals surface area contributed by atoms with E-state index in [4.69, 9.17) is 9.47 Å². The first-order valence-corrected chi connectivity index (χ1v) is 8.95. The summed E-state index contributed by atoms with van der Waals surface area (Å²) in [5, 5.41) is 12.5. The van der Waals surface area contributed by atoms with Gasteiger partial charge in [0.1, 0.15) is 12.2 Å². The molecule has 2 aromatic rings. The number of carbonyl (C=O) groups is 1. The average Bonchev–Trinajstić information content (AvgIpc) is 2.70. The SMILES string of the molecule is C=C[C@@H](OCc1ccccc1)[C@H](OCc1ccccc1)[C@H](CO)NC(C)=O. The summed E-state index contributed by atoms with van der Waals surface area (Å²) in [5.74, 6) is -0.242. The number of aliphatic hydroxyl groups excluding tert-OH is 1. The van der Waals surface area contributed by atoms with Crippen molar-refractivity contribution in [2.24, 2.45) is 0 Å². The Balaban J connectivity index is 2.11. The van der Waals surface area contributed by atoms with Crippen LogP contribution in [0.4, 0.5) is 0 Å². The fraction of sp³-hybridized carbons (Fsp3) is 0.318. The molecule has 27 heavy (non-hydrogen) atoms. The Morgan fingerprint density at radius 2 is 1.56 bits per heavy atom. The highest BCUT2D eigenvalue weighted by atomic mass is 16.5. The third-order valence-electron chi connectivity index (χ3n) is 4.11. The molecule has 0 unspecified atom stereocenters. The van der Waals surface area contributed by atoms with Gasteiger partial charge in [0.05, 0.1) is 25.9 Å². The standard InChI is InChI=1S/C22H27NO4/c1-3-21(26-15-18-10-6-4-7-11-18)22(20(14-24)23-17(2)25)27-16-19-12-8-5-9-13-19/h3-13,20-22,24H,1,14-16H2,2H3,(H,23,25)/t20-,21+,22+/m0/s1. The minimum absolute atomic E-state index is 0.242. The van der Waals surface area contributed by atoms with E-state index in [1.807, 2.05) is 60.7 Å². The molecule has 2 rings (SSSR count). The lowest BCUT2D eigenvalue weighted by molar-refractivity contribution is -0.125. The number of carbonyl (C=O) groups excluding carboxylic acids is 1. The molecular formula is C22H27NO4. The van der Waals surface area contributed by atoms with Crippen molar-refractivity contribution in [3.8, 4) is 0 Å². The van der Waals surface area contributed by atoms with E-state index in [9.17, 15) is 9.90 Å². The first-order chi connectivity index (χ1) is 13.1. The number of hydrogen-bond donors (Lipinski definition) is 2. The van der Waals surface area contributed by atoms with E-state index in [0.717, 1.165) is 11.1 Å². The minimum atomic E-state index is -0.606. The molecule has 0 aliphatic carbocycles. The van der Waals surface area contributed by atoms with Crippen molar-refractivity contribution in [2.75, 3.05) is 6.61 Å². The number of ether oxygens (including phenoxy) is 2. The van der Waals surface area contributed by atoms with Crippen LogP contribution in [0, 0.1) is 0 Å². The molecular weight excluding hydrogens is 342 g/mol. The average molecular weight is 369 g/mol. The molecule has 5 nitrogen and oxygen atoms in total. The van der Waals surface area contributed by atoms with Crippen molar-refractivity contribution in [1.82, 2.24) is 5.32 Å². The first-order valence-electron chi connectivity index (χ1n) is 8.95. The summed E-state index contributed by atoms with van der Waals surface area (Å²) < 4.78 is 12.0. The molecule has 5 heteroatoms. The smallest absolute Gasteiger partial charge is 0.217 e. The van der Waals surface area contributed by atoms with E-state index < -0.39 is 18.2 Å². The van der Waals surface area contributed by atoms with Crippen LogP contribution in [0.25, 0.3) is 0 Å². The van der Waals surface area contributed by atoms with Gasteiger partial charge in [0, 0.05) is 6.92 Å². The fourth-order valence-electron chi connectivity index (χ4n) is 2.76. The van der Waals surface area contributed by atoms with Gasteiger partial charge in [-0.3, -0.25) is 4.79 Å². The van der Waals surface area contributed by atoms with Gasteiger partial charge in [-0.25, -0.2) is 0 Å².